The first kappa shape index (κ1) is 13.2. The minimum Gasteiger partial charge on any atom is -0.494 e. The molecule has 1 aromatic rings. The molecule has 1 heterocycles. The van der Waals surface area contributed by atoms with Crippen LogP contribution in [0, 0.1) is 0 Å². The smallest absolute Gasteiger partial charge is 0.123 e. The Morgan fingerprint density at radius 1 is 1.39 bits per heavy atom. The molecule has 18 heavy (non-hydrogen) atoms. The van der Waals surface area contributed by atoms with Crippen LogP contribution < -0.4 is 15.2 Å². The minimum absolute atomic E-state index is 0.286. The van der Waals surface area contributed by atoms with Crippen LogP contribution >= 0.6 is 0 Å². The predicted octanol–water partition coefficient (Wildman–Crippen LogP) is 2.69. The zero-order valence-electron chi connectivity index (χ0n) is 11.4. The third-order valence-corrected chi connectivity index (χ3v) is 3.28. The lowest BCUT2D eigenvalue weighted by Crippen LogP contribution is -2.05. The summed E-state index contributed by atoms with van der Waals surface area (Å²) in [5.74, 6) is 2.06. The van der Waals surface area contributed by atoms with Crippen LogP contribution in [-0.4, -0.2) is 19.3 Å². The molecular formula is C15H23NO2. The van der Waals surface area contributed by atoms with Gasteiger partial charge in [-0.15, -0.1) is 0 Å². The van der Waals surface area contributed by atoms with Crippen molar-refractivity contribution in [3.05, 3.63) is 23.3 Å². The maximum Gasteiger partial charge on any atom is 0.123 e. The Kier molecular flexibility index (Phi) is 4.48. The largest absolute Gasteiger partial charge is 0.494 e. The van der Waals surface area contributed by atoms with Crippen LogP contribution in [0.25, 0.3) is 0 Å². The zero-order valence-corrected chi connectivity index (χ0v) is 11.4. The number of rotatable bonds is 6. The van der Waals surface area contributed by atoms with Gasteiger partial charge in [-0.3, -0.25) is 0 Å². The molecule has 1 unspecified atom stereocenters. The Morgan fingerprint density at radius 2 is 2.22 bits per heavy atom. The van der Waals surface area contributed by atoms with Crippen molar-refractivity contribution < 1.29 is 9.47 Å². The number of ether oxygens (including phenoxy) is 2. The Balaban J connectivity index is 2.18. The molecule has 0 aliphatic carbocycles. The Bertz CT molecular complexity index is 404. The van der Waals surface area contributed by atoms with Crippen LogP contribution in [0.5, 0.6) is 11.5 Å². The van der Waals surface area contributed by atoms with E-state index in [2.05, 4.69) is 19.1 Å². The van der Waals surface area contributed by atoms with E-state index in [-0.39, 0.29) is 6.10 Å². The highest BCUT2D eigenvalue weighted by atomic mass is 16.5. The van der Waals surface area contributed by atoms with E-state index in [0.717, 1.165) is 43.7 Å². The average molecular weight is 249 g/mol. The van der Waals surface area contributed by atoms with Crippen molar-refractivity contribution in [3.63, 3.8) is 0 Å². The Hall–Kier alpha value is -1.22. The first-order chi connectivity index (χ1) is 8.74. The van der Waals surface area contributed by atoms with E-state index in [1.54, 1.807) is 0 Å². The van der Waals surface area contributed by atoms with Crippen LogP contribution in [0.1, 0.15) is 37.8 Å². The summed E-state index contributed by atoms with van der Waals surface area (Å²) in [5.41, 5.74) is 8.06. The van der Waals surface area contributed by atoms with Crippen molar-refractivity contribution in [3.8, 4) is 11.5 Å². The van der Waals surface area contributed by atoms with Crippen molar-refractivity contribution in [1.82, 2.24) is 0 Å². The van der Waals surface area contributed by atoms with Gasteiger partial charge in [-0.2, -0.15) is 0 Å². The lowest BCUT2D eigenvalue weighted by atomic mass is 10.0. The molecule has 100 valence electrons. The Morgan fingerprint density at radius 3 is 2.94 bits per heavy atom. The topological polar surface area (TPSA) is 44.5 Å². The maximum absolute atomic E-state index is 5.81. The second kappa shape index (κ2) is 6.10. The van der Waals surface area contributed by atoms with Gasteiger partial charge in [-0.1, -0.05) is 0 Å². The molecule has 0 saturated heterocycles. The first-order valence-electron chi connectivity index (χ1n) is 6.90. The van der Waals surface area contributed by atoms with Gasteiger partial charge in [-0.05, 0) is 57.4 Å². The third kappa shape index (κ3) is 2.96. The highest BCUT2D eigenvalue weighted by Crippen LogP contribution is 2.35. The van der Waals surface area contributed by atoms with Crippen molar-refractivity contribution in [2.24, 2.45) is 5.73 Å². The molecule has 3 nitrogen and oxygen atoms in total. The Labute approximate surface area is 109 Å². The fourth-order valence-corrected chi connectivity index (χ4v) is 2.43. The molecule has 0 radical (unpaired) electrons. The molecule has 0 spiro atoms. The number of hydrogen-bond donors (Lipinski definition) is 1. The van der Waals surface area contributed by atoms with Gasteiger partial charge in [0.05, 0.1) is 6.61 Å². The molecule has 0 amide bonds. The molecule has 1 atom stereocenters. The minimum atomic E-state index is 0.286. The molecule has 3 heteroatoms. The molecule has 2 rings (SSSR count). The van der Waals surface area contributed by atoms with Crippen molar-refractivity contribution in [1.29, 1.82) is 0 Å². The lowest BCUT2D eigenvalue weighted by Gasteiger charge is -2.12. The molecule has 2 N–H and O–H groups in total. The summed E-state index contributed by atoms with van der Waals surface area (Å²) in [7, 11) is 0. The fraction of sp³-hybridized carbons (Fsp3) is 0.600. The van der Waals surface area contributed by atoms with Crippen molar-refractivity contribution in [2.45, 2.75) is 45.6 Å². The number of aryl methyl sites for hydroxylation is 1. The summed E-state index contributed by atoms with van der Waals surface area (Å²) in [6, 6.07) is 4.31. The van der Waals surface area contributed by atoms with Crippen molar-refractivity contribution >= 4 is 0 Å². The number of hydrogen-bond acceptors (Lipinski definition) is 3. The summed E-state index contributed by atoms with van der Waals surface area (Å²) in [6.07, 6.45) is 4.44. The quantitative estimate of drug-likeness (QED) is 0.788. The normalized spacial score (nSPS) is 17.4. The zero-order chi connectivity index (χ0) is 13.0. The van der Waals surface area contributed by atoms with E-state index in [1.807, 2.05) is 6.92 Å². The fourth-order valence-electron chi connectivity index (χ4n) is 2.43. The average Bonchev–Trinajstić information content (AvgIpc) is 2.69. The highest BCUT2D eigenvalue weighted by Gasteiger charge is 2.21. The predicted molar refractivity (Wildman–Crippen MR) is 73.4 cm³/mol. The maximum atomic E-state index is 5.81. The van der Waals surface area contributed by atoms with Crippen LogP contribution in [0.15, 0.2) is 12.1 Å². The van der Waals surface area contributed by atoms with E-state index in [9.17, 15) is 0 Å². The van der Waals surface area contributed by atoms with Gasteiger partial charge >= 0.3 is 0 Å². The molecule has 1 aliphatic heterocycles. The number of nitrogens with two attached hydrogens (primary N) is 1. The molecule has 1 aliphatic rings. The van der Waals surface area contributed by atoms with E-state index >= 15 is 0 Å². The standard InChI is InChI=1S/C15H23NO2/c1-3-17-14-10-13-8-11(2)18-15(13)9-12(14)6-4-5-7-16/h9-11H,3-8,16H2,1-2H3. The second-order valence-corrected chi connectivity index (χ2v) is 4.88. The van der Waals surface area contributed by atoms with Crippen LogP contribution in [-0.2, 0) is 12.8 Å². The van der Waals surface area contributed by atoms with Gasteiger partial charge in [0, 0.05) is 12.0 Å². The summed E-state index contributed by atoms with van der Waals surface area (Å²) < 4.78 is 11.5. The molecule has 0 fully saturated rings. The van der Waals surface area contributed by atoms with Crippen LogP contribution in [0.2, 0.25) is 0 Å². The summed E-state index contributed by atoms with van der Waals surface area (Å²) in [5, 5.41) is 0. The van der Waals surface area contributed by atoms with Gasteiger partial charge in [0.25, 0.3) is 0 Å². The number of benzene rings is 1. The van der Waals surface area contributed by atoms with Crippen molar-refractivity contribution in [2.75, 3.05) is 13.2 Å². The van der Waals surface area contributed by atoms with E-state index < -0.39 is 0 Å². The van der Waals surface area contributed by atoms with E-state index in [1.165, 1.54) is 11.1 Å². The van der Waals surface area contributed by atoms with Gasteiger partial charge in [-0.25, -0.2) is 0 Å². The molecular weight excluding hydrogens is 226 g/mol. The second-order valence-electron chi connectivity index (χ2n) is 4.88. The first-order valence-corrected chi connectivity index (χ1v) is 6.90. The molecule has 0 aromatic heterocycles. The van der Waals surface area contributed by atoms with Gasteiger partial charge in [0.15, 0.2) is 0 Å². The third-order valence-electron chi connectivity index (χ3n) is 3.28. The van der Waals surface area contributed by atoms with Gasteiger partial charge in [0.2, 0.25) is 0 Å². The molecule has 0 bridgehead atoms. The van der Waals surface area contributed by atoms with Crippen LogP contribution in [0.4, 0.5) is 0 Å². The summed E-state index contributed by atoms with van der Waals surface area (Å²) in [4.78, 5) is 0. The van der Waals surface area contributed by atoms with Gasteiger partial charge in [0.1, 0.15) is 17.6 Å². The molecule has 1 aromatic carbocycles. The summed E-state index contributed by atoms with van der Waals surface area (Å²) in [6.45, 7) is 5.59. The monoisotopic (exact) mass is 249 g/mol. The highest BCUT2D eigenvalue weighted by molar-refractivity contribution is 5.48. The summed E-state index contributed by atoms with van der Waals surface area (Å²) >= 11 is 0. The van der Waals surface area contributed by atoms with E-state index in [0.29, 0.717) is 6.61 Å². The van der Waals surface area contributed by atoms with Gasteiger partial charge < -0.3 is 15.2 Å². The lowest BCUT2D eigenvalue weighted by molar-refractivity contribution is 0.254. The number of unbranched alkanes of at least 4 members (excludes halogenated alkanes) is 1. The SMILES string of the molecule is CCOc1cc2c(cc1CCCCN)OC(C)C2. The van der Waals surface area contributed by atoms with E-state index in [4.69, 9.17) is 15.2 Å². The molecule has 0 saturated carbocycles. The number of fused-ring (bicyclic) bond motifs is 1. The van der Waals surface area contributed by atoms with Crippen LogP contribution in [0.3, 0.4) is 0 Å².